The summed E-state index contributed by atoms with van der Waals surface area (Å²) >= 11 is 0. The second-order valence-electron chi connectivity index (χ2n) is 17.5. The van der Waals surface area contributed by atoms with Crippen LogP contribution in [0.25, 0.3) is 50.4 Å². The number of H-pyrrole nitrogens is 2. The molecule has 0 fully saturated rings. The monoisotopic (exact) mass is 1050 g/mol. The Hall–Kier alpha value is -7.01. The van der Waals surface area contributed by atoms with Crippen LogP contribution in [-0.2, 0) is 60.1 Å². The van der Waals surface area contributed by atoms with Gasteiger partial charge in [0.1, 0.15) is 6.61 Å². The van der Waals surface area contributed by atoms with Crippen LogP contribution in [0.1, 0.15) is 97.6 Å². The number of carbonyl (C=O) groups excluding carboxylic acids is 1. The van der Waals surface area contributed by atoms with Crippen molar-refractivity contribution in [1.82, 2.24) is 34.6 Å². The first kappa shape index (κ1) is 58.6. The summed E-state index contributed by atoms with van der Waals surface area (Å²) in [4.78, 5) is 103. The van der Waals surface area contributed by atoms with Gasteiger partial charge in [0.05, 0.1) is 68.2 Å². The second kappa shape index (κ2) is 26.6. The van der Waals surface area contributed by atoms with Crippen LogP contribution >= 0.6 is 0 Å². The van der Waals surface area contributed by atoms with Crippen LogP contribution in [0.4, 0.5) is 0 Å². The van der Waals surface area contributed by atoms with E-state index in [0.717, 1.165) is 60.4 Å². The van der Waals surface area contributed by atoms with Gasteiger partial charge < -0.3 is 50.1 Å². The molecule has 73 heavy (non-hydrogen) atoms. The van der Waals surface area contributed by atoms with Crippen molar-refractivity contribution < 1.29 is 90.7 Å². The number of aromatic nitrogens is 4. The van der Waals surface area contributed by atoms with Crippen molar-refractivity contribution in [2.75, 3.05) is 72.1 Å². The molecule has 23 heteroatoms. The van der Waals surface area contributed by atoms with Crippen molar-refractivity contribution in [2.24, 2.45) is 0 Å². The van der Waals surface area contributed by atoms with Crippen LogP contribution in [-0.4, -0.2) is 179 Å². The van der Waals surface area contributed by atoms with Gasteiger partial charge >= 0.3 is 58.9 Å². The van der Waals surface area contributed by atoms with Crippen LogP contribution in [0.2, 0.25) is 0 Å². The predicted molar refractivity (Wildman–Crippen MR) is 264 cm³/mol. The summed E-state index contributed by atoms with van der Waals surface area (Å²) in [6.45, 7) is 10.1. The standard InChI is InChI=1S/C50H61N7O15.Mn/c1-7-32-27(2)35-18-36-28(3)33(8-10-43(58)59)40(52-36)21-41-34(9-11-44(60)61)29(4)37(53-41)20-42-50(30(5)38(54-42)19-39(32)51-35)31(6)71-16-17-72-49(70)26-57(25-48(68)69)15-13-55(22-45(62)63)12-14-56(23-46(64)65)24-47(66)67;/h7,18-21,31,51,54H,1,8-17,22-26H2,2-6H3,(H,58,59)(H,60,61)(H,62,63)(H,64,65)(H,66,67)(H,68,69);/q;+2. The quantitative estimate of drug-likeness (QED) is 0.0269. The van der Waals surface area contributed by atoms with Crippen LogP contribution < -0.4 is 0 Å². The number of aromatic amines is 2. The molecule has 0 amide bonds. The Kier molecular flexibility index (Phi) is 21.4. The number of carbonyl (C=O) groups is 7. The van der Waals surface area contributed by atoms with E-state index in [1.807, 2.05) is 52.8 Å². The summed E-state index contributed by atoms with van der Waals surface area (Å²) in [5.41, 5.74) is 11.4. The Morgan fingerprint density at radius 3 is 1.49 bits per heavy atom. The predicted octanol–water partition coefficient (Wildman–Crippen LogP) is 5.03. The van der Waals surface area contributed by atoms with E-state index >= 15 is 0 Å². The normalized spacial score (nSPS) is 12.8. The zero-order chi connectivity index (χ0) is 53.0. The van der Waals surface area contributed by atoms with Gasteiger partial charge in [-0.1, -0.05) is 12.7 Å². The van der Waals surface area contributed by atoms with Crippen LogP contribution in [0.15, 0.2) is 30.8 Å². The maximum atomic E-state index is 13.1. The molecule has 1 unspecified atom stereocenters. The zero-order valence-electron chi connectivity index (χ0n) is 41.2. The van der Waals surface area contributed by atoms with Crippen LogP contribution in [0.5, 0.6) is 0 Å². The molecule has 0 spiro atoms. The number of fused-ring (bicyclic) bond motifs is 8. The maximum Gasteiger partial charge on any atom is 2.00 e. The topological polar surface area (TPSA) is 326 Å². The van der Waals surface area contributed by atoms with E-state index in [1.54, 1.807) is 12.1 Å². The van der Waals surface area contributed by atoms with Gasteiger partial charge in [-0.3, -0.25) is 48.3 Å². The fraction of sp³-hybridized carbons (Fsp3) is 0.420. The van der Waals surface area contributed by atoms with E-state index in [1.165, 1.54) is 9.80 Å². The third-order valence-electron chi connectivity index (χ3n) is 12.4. The number of allylic oxidation sites excluding steroid dienone is 4. The number of carboxylic acid groups (broad SMARTS) is 6. The van der Waals surface area contributed by atoms with E-state index in [4.69, 9.17) is 29.7 Å². The number of carboxylic acids is 6. The molecule has 2 aliphatic rings. The van der Waals surface area contributed by atoms with Crippen LogP contribution in [0, 0.1) is 13.8 Å². The summed E-state index contributed by atoms with van der Waals surface area (Å²) in [7, 11) is 0. The number of nitrogens with zero attached hydrogens (tertiary/aromatic N) is 5. The molecule has 1 atom stereocenters. The largest absolute Gasteiger partial charge is 2.00 e. The molecule has 5 rings (SSSR count). The first-order valence-electron chi connectivity index (χ1n) is 23.1. The van der Waals surface area contributed by atoms with Crippen LogP contribution in [0.3, 0.4) is 0 Å². The summed E-state index contributed by atoms with van der Waals surface area (Å²) < 4.78 is 11.7. The van der Waals surface area contributed by atoms with Gasteiger partial charge in [-0.25, -0.2) is 9.97 Å². The minimum Gasteiger partial charge on any atom is -0.481 e. The van der Waals surface area contributed by atoms with E-state index in [9.17, 15) is 54.0 Å². The molecule has 8 bridgehead atoms. The Bertz CT molecular complexity index is 2850. The van der Waals surface area contributed by atoms with E-state index < -0.39 is 80.6 Å². The fourth-order valence-corrected chi connectivity index (χ4v) is 8.75. The first-order valence-corrected chi connectivity index (χ1v) is 23.1. The van der Waals surface area contributed by atoms with Gasteiger partial charge in [-0.05, 0) is 105 Å². The number of aliphatic carboxylic acids is 6. The van der Waals surface area contributed by atoms with E-state index in [0.29, 0.717) is 33.9 Å². The van der Waals surface area contributed by atoms with Gasteiger partial charge in [-0.15, -0.1) is 0 Å². The number of esters is 1. The summed E-state index contributed by atoms with van der Waals surface area (Å²) in [6.07, 6.45) is 1.22. The average molecular weight is 1060 g/mol. The zero-order valence-corrected chi connectivity index (χ0v) is 42.4. The number of hydrogen-bond acceptors (Lipinski definition) is 14. The average Bonchev–Trinajstić information content (AvgIpc) is 3.95. The van der Waals surface area contributed by atoms with Gasteiger partial charge in [-0.2, -0.15) is 0 Å². The number of rotatable bonds is 28. The molecular formula is C50H61MnN7O15+2. The summed E-state index contributed by atoms with van der Waals surface area (Å²) in [6, 6.07) is 7.50. The molecule has 3 aromatic rings. The Labute approximate surface area is 430 Å². The number of hydrogen-bond donors (Lipinski definition) is 8. The summed E-state index contributed by atoms with van der Waals surface area (Å²) in [5, 5.41) is 56.7. The molecule has 2 aliphatic heterocycles. The van der Waals surface area contributed by atoms with Crippen molar-refractivity contribution in [3.05, 3.63) is 75.9 Å². The first-order chi connectivity index (χ1) is 34.0. The molecule has 1 radical (unpaired) electrons. The van der Waals surface area contributed by atoms with E-state index in [2.05, 4.69) is 16.5 Å². The minimum atomic E-state index is -1.27. The molecule has 0 aliphatic carbocycles. The molecule has 5 heterocycles. The molecule has 0 saturated carbocycles. The van der Waals surface area contributed by atoms with Gasteiger partial charge in [0.25, 0.3) is 0 Å². The van der Waals surface area contributed by atoms with Gasteiger partial charge in [0.15, 0.2) is 0 Å². The molecule has 0 aromatic carbocycles. The Morgan fingerprint density at radius 1 is 0.575 bits per heavy atom. The molecule has 22 nitrogen and oxygen atoms in total. The van der Waals surface area contributed by atoms with E-state index in [-0.39, 0.29) is 82.1 Å². The minimum absolute atomic E-state index is 0. The number of nitrogens with one attached hydrogen (secondary N) is 2. The third kappa shape index (κ3) is 16.2. The molecular weight excluding hydrogens is 994 g/mol. The molecule has 8 N–H and O–H groups in total. The smallest absolute Gasteiger partial charge is 0.481 e. The number of ether oxygens (including phenoxy) is 2. The second-order valence-corrected chi connectivity index (χ2v) is 17.5. The summed E-state index contributed by atoms with van der Waals surface area (Å²) in [5.74, 6) is -7.76. The maximum absolute atomic E-state index is 13.1. The molecule has 0 saturated heterocycles. The van der Waals surface area contributed by atoms with Crippen molar-refractivity contribution in [3.8, 4) is 0 Å². The van der Waals surface area contributed by atoms with Crippen molar-refractivity contribution in [1.29, 1.82) is 0 Å². The van der Waals surface area contributed by atoms with Crippen molar-refractivity contribution in [3.63, 3.8) is 0 Å². The van der Waals surface area contributed by atoms with Crippen molar-refractivity contribution in [2.45, 2.75) is 66.4 Å². The number of aryl methyl sites for hydroxylation is 2. The fourth-order valence-electron chi connectivity index (χ4n) is 8.75. The molecule has 391 valence electrons. The SMILES string of the molecule is C=Cc1c(C)c2cc3nc(cc4nc(cc5[nH]c(cc1[nH]2)c(C)c5C(C)OCCOC(=O)CN(CCN(CCN(CC(=O)O)CC(=O)O)CC(=O)O)CC(=O)O)C(C)=C4CCC(=O)O)C(CCC(=O)O)=C3C.[Mn+2]. The van der Waals surface area contributed by atoms with Crippen molar-refractivity contribution >= 4 is 92.2 Å². The molecule has 3 aromatic heterocycles. The Balaban J connectivity index is 0.0000116. The Morgan fingerprint density at radius 2 is 1.01 bits per heavy atom. The van der Waals surface area contributed by atoms with Gasteiger partial charge in [0, 0.05) is 72.2 Å². The third-order valence-corrected chi connectivity index (χ3v) is 12.4. The van der Waals surface area contributed by atoms with Gasteiger partial charge in [0.2, 0.25) is 0 Å².